The number of allylic oxidation sites excluding steroid dienone is 1. The van der Waals surface area contributed by atoms with Crippen molar-refractivity contribution in [3.8, 4) is 0 Å². The highest BCUT2D eigenvalue weighted by Crippen LogP contribution is 2.37. The van der Waals surface area contributed by atoms with Crippen molar-refractivity contribution in [2.24, 2.45) is 15.7 Å². The summed E-state index contributed by atoms with van der Waals surface area (Å²) in [5, 5.41) is 2.04. The van der Waals surface area contributed by atoms with Crippen LogP contribution < -0.4 is 10.6 Å². The van der Waals surface area contributed by atoms with Gasteiger partial charge in [0, 0.05) is 25.3 Å². The van der Waals surface area contributed by atoms with E-state index in [9.17, 15) is 13.2 Å². The number of thiazole rings is 1. The minimum absolute atomic E-state index is 0.258. The molecule has 3 heterocycles. The Hall–Kier alpha value is -2.95. The predicted molar refractivity (Wildman–Crippen MR) is 142 cm³/mol. The summed E-state index contributed by atoms with van der Waals surface area (Å²) < 4.78 is 38.7. The molecule has 2 N–H and O–H groups in total. The molecule has 36 heavy (non-hydrogen) atoms. The Morgan fingerprint density at radius 2 is 1.83 bits per heavy atom. The van der Waals surface area contributed by atoms with Crippen LogP contribution in [0.15, 0.2) is 82.6 Å². The van der Waals surface area contributed by atoms with Crippen LogP contribution in [-0.2, 0) is 19.1 Å². The van der Waals surface area contributed by atoms with Crippen LogP contribution in [0.1, 0.15) is 21.6 Å². The average Bonchev–Trinajstić information content (AvgIpc) is 3.51. The van der Waals surface area contributed by atoms with Crippen molar-refractivity contribution in [1.29, 1.82) is 0 Å². The van der Waals surface area contributed by atoms with Gasteiger partial charge >= 0.3 is 6.18 Å². The summed E-state index contributed by atoms with van der Waals surface area (Å²) in [5.41, 5.74) is 8.77. The van der Waals surface area contributed by atoms with Crippen molar-refractivity contribution in [2.45, 2.75) is 30.4 Å². The Morgan fingerprint density at radius 3 is 2.56 bits per heavy atom. The molecule has 0 amide bonds. The minimum Gasteiger partial charge on any atom is -0.342 e. The molecule has 1 unspecified atom stereocenters. The number of hydrogen-bond donors (Lipinski definition) is 1. The number of hydrogen-bond acceptors (Lipinski definition) is 7. The lowest BCUT2D eigenvalue weighted by Crippen LogP contribution is -2.38. The maximum absolute atomic E-state index is 12.9. The van der Waals surface area contributed by atoms with Gasteiger partial charge in [-0.2, -0.15) is 13.2 Å². The molecule has 0 spiro atoms. The first kappa shape index (κ1) is 24.7. The van der Waals surface area contributed by atoms with Crippen molar-refractivity contribution in [1.82, 2.24) is 4.98 Å². The summed E-state index contributed by atoms with van der Waals surface area (Å²) in [6, 6.07) is 15.0. The Bertz CT molecular complexity index is 1280. The summed E-state index contributed by atoms with van der Waals surface area (Å²) in [6.07, 6.45) is 1.72. The molecule has 0 radical (unpaired) electrons. The largest absolute Gasteiger partial charge is 0.416 e. The molecule has 0 fully saturated rings. The second kappa shape index (κ2) is 10.6. The van der Waals surface area contributed by atoms with E-state index in [2.05, 4.69) is 22.0 Å². The topological polar surface area (TPSA) is 66.9 Å². The first-order valence-electron chi connectivity index (χ1n) is 11.5. The van der Waals surface area contributed by atoms with E-state index in [1.54, 1.807) is 29.3 Å². The zero-order chi connectivity index (χ0) is 25.1. The Balaban J connectivity index is 1.32. The van der Waals surface area contributed by atoms with Crippen LogP contribution in [0, 0.1) is 0 Å². The maximum atomic E-state index is 12.9. The van der Waals surface area contributed by atoms with Crippen molar-refractivity contribution in [3.63, 3.8) is 0 Å². The lowest BCUT2D eigenvalue weighted by Gasteiger charge is -2.25. The molecular formula is C26H24F3N5S2. The van der Waals surface area contributed by atoms with Gasteiger partial charge in [-0.1, -0.05) is 65.6 Å². The summed E-state index contributed by atoms with van der Waals surface area (Å²) >= 11 is 3.28. The molecule has 186 valence electrons. The van der Waals surface area contributed by atoms with Crippen molar-refractivity contribution < 1.29 is 13.2 Å². The van der Waals surface area contributed by atoms with Gasteiger partial charge in [-0.15, -0.1) is 0 Å². The van der Waals surface area contributed by atoms with E-state index < -0.39 is 11.7 Å². The summed E-state index contributed by atoms with van der Waals surface area (Å²) in [4.78, 5) is 16.9. The number of alkyl halides is 3. The van der Waals surface area contributed by atoms with Gasteiger partial charge in [0.05, 0.1) is 34.1 Å². The van der Waals surface area contributed by atoms with E-state index in [-0.39, 0.29) is 11.3 Å². The van der Waals surface area contributed by atoms with Gasteiger partial charge in [-0.25, -0.2) is 9.98 Å². The molecule has 3 aromatic rings. The molecule has 2 atom stereocenters. The Kier molecular flexibility index (Phi) is 7.27. The number of benzene rings is 2. The lowest BCUT2D eigenvalue weighted by molar-refractivity contribution is -0.137. The van der Waals surface area contributed by atoms with Crippen LogP contribution in [-0.4, -0.2) is 40.6 Å². The van der Waals surface area contributed by atoms with Crippen LogP contribution in [0.3, 0.4) is 0 Å². The van der Waals surface area contributed by atoms with Gasteiger partial charge < -0.3 is 10.6 Å². The third-order valence-corrected chi connectivity index (χ3v) is 8.27. The molecule has 0 saturated carbocycles. The van der Waals surface area contributed by atoms with Crippen LogP contribution in [0.5, 0.6) is 0 Å². The molecule has 0 bridgehead atoms. The van der Waals surface area contributed by atoms with Crippen LogP contribution in [0.4, 0.5) is 18.3 Å². The number of aromatic nitrogens is 1. The Morgan fingerprint density at radius 1 is 1.06 bits per heavy atom. The molecule has 2 aliphatic heterocycles. The summed E-state index contributed by atoms with van der Waals surface area (Å²) in [7, 11) is 0. The van der Waals surface area contributed by atoms with E-state index in [1.807, 2.05) is 30.5 Å². The highest BCUT2D eigenvalue weighted by Gasteiger charge is 2.30. The number of thioether (sulfide) groups is 1. The van der Waals surface area contributed by atoms with Gasteiger partial charge in [-0.3, -0.25) is 4.99 Å². The monoisotopic (exact) mass is 527 g/mol. The fourth-order valence-electron chi connectivity index (χ4n) is 4.09. The molecule has 1 aromatic heterocycles. The maximum Gasteiger partial charge on any atom is 0.416 e. The molecule has 0 saturated heterocycles. The summed E-state index contributed by atoms with van der Waals surface area (Å²) in [5.74, 6) is 0. The molecule has 10 heteroatoms. The second-order valence-electron chi connectivity index (χ2n) is 8.66. The molecule has 5 rings (SSSR count). The predicted octanol–water partition coefficient (Wildman–Crippen LogP) is 5.57. The highest BCUT2D eigenvalue weighted by molar-refractivity contribution is 8.15. The standard InChI is InChI=1S/C26H24F3N5S2/c27-26(28,29)19-8-6-17(7-9-19)12-20(30)16-34(15-18-4-2-1-3-5-18)25-32-14-23(36-25)24-33-21-10-11-31-13-22(21)35-24/h1-11,14,20,22H,12-13,15-16,30H2/t20-,22?/m0/s1. The van der Waals surface area contributed by atoms with E-state index in [1.165, 1.54) is 12.1 Å². The van der Waals surface area contributed by atoms with E-state index in [4.69, 9.17) is 15.7 Å². The molecule has 5 nitrogen and oxygen atoms in total. The van der Waals surface area contributed by atoms with Crippen molar-refractivity contribution >= 4 is 39.5 Å². The first-order valence-corrected chi connectivity index (χ1v) is 13.2. The van der Waals surface area contributed by atoms with Crippen molar-refractivity contribution in [2.75, 3.05) is 18.0 Å². The normalized spacial score (nSPS) is 17.9. The van der Waals surface area contributed by atoms with E-state index >= 15 is 0 Å². The smallest absolute Gasteiger partial charge is 0.342 e. The zero-order valence-electron chi connectivity index (χ0n) is 19.2. The zero-order valence-corrected chi connectivity index (χ0v) is 20.9. The summed E-state index contributed by atoms with van der Waals surface area (Å²) in [6.45, 7) is 1.86. The SMILES string of the molecule is N[C@@H](Cc1ccc(C(F)(F)F)cc1)CN(Cc1ccccc1)c1ncc(C2=NC3=CC=NCC3S2)s1. The van der Waals surface area contributed by atoms with Crippen molar-refractivity contribution in [3.05, 3.63) is 94.1 Å². The number of halogens is 3. The highest BCUT2D eigenvalue weighted by atomic mass is 32.2. The third-order valence-electron chi connectivity index (χ3n) is 5.86. The number of fused-ring (bicyclic) bond motifs is 1. The fourth-order valence-corrected chi connectivity index (χ4v) is 6.18. The lowest BCUT2D eigenvalue weighted by atomic mass is 10.0. The number of rotatable bonds is 8. The van der Waals surface area contributed by atoms with Gasteiger partial charge in [0.25, 0.3) is 0 Å². The minimum atomic E-state index is -4.35. The van der Waals surface area contributed by atoms with Crippen LogP contribution >= 0.6 is 23.1 Å². The van der Waals surface area contributed by atoms with Gasteiger partial charge in [0.15, 0.2) is 5.13 Å². The first-order chi connectivity index (χ1) is 17.3. The molecular weight excluding hydrogens is 503 g/mol. The van der Waals surface area contributed by atoms with Crippen LogP contribution in [0.2, 0.25) is 0 Å². The van der Waals surface area contributed by atoms with Crippen LogP contribution in [0.25, 0.3) is 0 Å². The van der Waals surface area contributed by atoms with E-state index in [0.29, 0.717) is 19.5 Å². The molecule has 0 aliphatic carbocycles. The number of nitrogens with two attached hydrogens (primary N) is 1. The Labute approximate surface area is 215 Å². The van der Waals surface area contributed by atoms with Gasteiger partial charge in [-0.05, 0) is 35.8 Å². The third kappa shape index (κ3) is 5.88. The van der Waals surface area contributed by atoms with Gasteiger partial charge in [0.2, 0.25) is 0 Å². The number of nitrogens with zero attached hydrogens (tertiary/aromatic N) is 4. The number of anilines is 1. The van der Waals surface area contributed by atoms with E-state index in [0.717, 1.165) is 50.6 Å². The molecule has 2 aromatic carbocycles. The van der Waals surface area contributed by atoms with Gasteiger partial charge in [0.1, 0.15) is 5.04 Å². The average molecular weight is 528 g/mol. The number of aliphatic imine (C=N–C) groups is 2. The fraction of sp³-hybridized carbons (Fsp3) is 0.269. The number of dihydropyridines is 1. The molecule has 2 aliphatic rings. The second-order valence-corrected chi connectivity index (χ2v) is 10.9. The quantitative estimate of drug-likeness (QED) is 0.416.